The van der Waals surface area contributed by atoms with Crippen LogP contribution in [0, 0.1) is 0 Å². The summed E-state index contributed by atoms with van der Waals surface area (Å²) in [4.78, 5) is 15.0. The molecule has 0 aliphatic carbocycles. The van der Waals surface area contributed by atoms with Crippen LogP contribution in [0.4, 0.5) is 5.95 Å². The van der Waals surface area contributed by atoms with E-state index in [1.165, 1.54) is 0 Å². The first-order chi connectivity index (χ1) is 7.68. The Morgan fingerprint density at radius 1 is 1.50 bits per heavy atom. The lowest BCUT2D eigenvalue weighted by Crippen LogP contribution is -2.17. The highest BCUT2D eigenvalue weighted by atomic mass is 16.1. The quantitative estimate of drug-likeness (QED) is 0.799. The molecule has 0 saturated carbocycles. The van der Waals surface area contributed by atoms with Crippen molar-refractivity contribution in [2.45, 2.75) is 6.42 Å². The molecule has 1 amide bonds. The SMILES string of the molecule is Cn1c(NCCC(N)=O)nc2ccccc21. The van der Waals surface area contributed by atoms with Crippen molar-refractivity contribution in [3.63, 3.8) is 0 Å². The zero-order valence-electron chi connectivity index (χ0n) is 9.10. The first-order valence-electron chi connectivity index (χ1n) is 5.12. The molecule has 0 aliphatic heterocycles. The highest BCUT2D eigenvalue weighted by Crippen LogP contribution is 2.17. The molecule has 0 unspecified atom stereocenters. The number of nitrogens with one attached hydrogen (secondary N) is 1. The summed E-state index contributed by atoms with van der Waals surface area (Å²) in [6.45, 7) is 0.506. The van der Waals surface area contributed by atoms with E-state index in [2.05, 4.69) is 10.3 Å². The minimum Gasteiger partial charge on any atom is -0.370 e. The summed E-state index contributed by atoms with van der Waals surface area (Å²) in [5.41, 5.74) is 7.06. The molecule has 1 heterocycles. The number of nitrogens with two attached hydrogens (primary N) is 1. The van der Waals surface area contributed by atoms with Crippen molar-refractivity contribution in [3.8, 4) is 0 Å². The van der Waals surface area contributed by atoms with Gasteiger partial charge in [-0.3, -0.25) is 4.79 Å². The Morgan fingerprint density at radius 2 is 2.25 bits per heavy atom. The average molecular weight is 218 g/mol. The molecule has 2 rings (SSSR count). The minimum atomic E-state index is -0.314. The molecule has 3 N–H and O–H groups in total. The second-order valence-electron chi connectivity index (χ2n) is 3.63. The fraction of sp³-hybridized carbons (Fsp3) is 0.273. The van der Waals surface area contributed by atoms with Crippen LogP contribution in [0.2, 0.25) is 0 Å². The Balaban J connectivity index is 2.18. The van der Waals surface area contributed by atoms with E-state index in [9.17, 15) is 4.79 Å². The molecule has 5 heteroatoms. The Morgan fingerprint density at radius 3 is 2.94 bits per heavy atom. The smallest absolute Gasteiger partial charge is 0.219 e. The van der Waals surface area contributed by atoms with Gasteiger partial charge in [0.25, 0.3) is 0 Å². The fourth-order valence-corrected chi connectivity index (χ4v) is 1.60. The van der Waals surface area contributed by atoms with Crippen molar-refractivity contribution >= 4 is 22.9 Å². The predicted octanol–water partition coefficient (Wildman–Crippen LogP) is 0.861. The number of nitrogens with zero attached hydrogens (tertiary/aromatic N) is 2. The van der Waals surface area contributed by atoms with E-state index < -0.39 is 0 Å². The van der Waals surface area contributed by atoms with Gasteiger partial charge in [0.2, 0.25) is 11.9 Å². The highest BCUT2D eigenvalue weighted by Gasteiger charge is 2.05. The van der Waals surface area contributed by atoms with Crippen molar-refractivity contribution in [2.75, 3.05) is 11.9 Å². The zero-order chi connectivity index (χ0) is 11.5. The highest BCUT2D eigenvalue weighted by molar-refractivity contribution is 5.78. The summed E-state index contributed by atoms with van der Waals surface area (Å²) in [7, 11) is 1.93. The number of anilines is 1. The van der Waals surface area contributed by atoms with Gasteiger partial charge in [-0.2, -0.15) is 0 Å². The van der Waals surface area contributed by atoms with E-state index in [0.29, 0.717) is 13.0 Å². The number of amides is 1. The van der Waals surface area contributed by atoms with Crippen molar-refractivity contribution in [1.82, 2.24) is 9.55 Å². The number of hydrogen-bond acceptors (Lipinski definition) is 3. The molecular formula is C11H14N4O. The molecule has 1 aromatic heterocycles. The second kappa shape index (κ2) is 4.22. The maximum atomic E-state index is 10.6. The number of fused-ring (bicyclic) bond motifs is 1. The topological polar surface area (TPSA) is 72.9 Å². The van der Waals surface area contributed by atoms with Crippen LogP contribution in [0.1, 0.15) is 6.42 Å². The molecule has 0 radical (unpaired) electrons. The molecular weight excluding hydrogens is 204 g/mol. The largest absolute Gasteiger partial charge is 0.370 e. The number of carbonyl (C=O) groups is 1. The first kappa shape index (κ1) is 10.5. The lowest BCUT2D eigenvalue weighted by atomic mass is 10.3. The fourth-order valence-electron chi connectivity index (χ4n) is 1.60. The lowest BCUT2D eigenvalue weighted by Gasteiger charge is -2.04. The molecule has 1 aromatic carbocycles. The third-order valence-corrected chi connectivity index (χ3v) is 2.44. The van der Waals surface area contributed by atoms with Gasteiger partial charge in [-0.1, -0.05) is 12.1 Å². The van der Waals surface area contributed by atoms with E-state index in [1.54, 1.807) is 0 Å². The van der Waals surface area contributed by atoms with Crippen molar-refractivity contribution < 1.29 is 4.79 Å². The van der Waals surface area contributed by atoms with Crippen LogP contribution < -0.4 is 11.1 Å². The summed E-state index contributed by atoms with van der Waals surface area (Å²) in [5, 5.41) is 3.08. The molecule has 0 aliphatic rings. The lowest BCUT2D eigenvalue weighted by molar-refractivity contribution is -0.117. The third kappa shape index (κ3) is 1.98. The maximum absolute atomic E-state index is 10.6. The Hall–Kier alpha value is -2.04. The van der Waals surface area contributed by atoms with Crippen molar-refractivity contribution in [1.29, 1.82) is 0 Å². The monoisotopic (exact) mass is 218 g/mol. The molecule has 0 fully saturated rings. The molecule has 2 aromatic rings. The van der Waals surface area contributed by atoms with Gasteiger partial charge in [-0.05, 0) is 12.1 Å². The van der Waals surface area contributed by atoms with Gasteiger partial charge in [-0.15, -0.1) is 0 Å². The number of aryl methyl sites for hydroxylation is 1. The number of para-hydroxylation sites is 2. The van der Waals surface area contributed by atoms with Gasteiger partial charge in [0.05, 0.1) is 11.0 Å². The van der Waals surface area contributed by atoms with Crippen LogP contribution in [0.5, 0.6) is 0 Å². The van der Waals surface area contributed by atoms with Gasteiger partial charge in [0.1, 0.15) is 0 Å². The number of rotatable bonds is 4. The molecule has 0 atom stereocenters. The average Bonchev–Trinajstić information content (AvgIpc) is 2.56. The van der Waals surface area contributed by atoms with Crippen LogP contribution in [-0.2, 0) is 11.8 Å². The summed E-state index contributed by atoms with van der Waals surface area (Å²) in [5.74, 6) is 0.439. The molecule has 0 saturated heterocycles. The third-order valence-electron chi connectivity index (χ3n) is 2.44. The molecule has 16 heavy (non-hydrogen) atoms. The van der Waals surface area contributed by atoms with Gasteiger partial charge >= 0.3 is 0 Å². The predicted molar refractivity (Wildman–Crippen MR) is 63.0 cm³/mol. The Kier molecular flexibility index (Phi) is 2.76. The van der Waals surface area contributed by atoms with Gasteiger partial charge in [-0.25, -0.2) is 4.98 Å². The number of carbonyl (C=O) groups excluding carboxylic acids is 1. The van der Waals surface area contributed by atoms with Gasteiger partial charge < -0.3 is 15.6 Å². The second-order valence-corrected chi connectivity index (χ2v) is 3.63. The van der Waals surface area contributed by atoms with Crippen LogP contribution in [0.15, 0.2) is 24.3 Å². The van der Waals surface area contributed by atoms with E-state index in [4.69, 9.17) is 5.73 Å². The summed E-state index contributed by atoms with van der Waals surface area (Å²) < 4.78 is 1.95. The van der Waals surface area contributed by atoms with Crippen LogP contribution >= 0.6 is 0 Å². The zero-order valence-corrected chi connectivity index (χ0v) is 9.10. The number of imidazole rings is 1. The summed E-state index contributed by atoms with van der Waals surface area (Å²) >= 11 is 0. The maximum Gasteiger partial charge on any atom is 0.219 e. The Labute approximate surface area is 93.3 Å². The van der Waals surface area contributed by atoms with E-state index in [-0.39, 0.29) is 5.91 Å². The van der Waals surface area contributed by atoms with E-state index >= 15 is 0 Å². The number of aromatic nitrogens is 2. The molecule has 84 valence electrons. The first-order valence-corrected chi connectivity index (χ1v) is 5.12. The van der Waals surface area contributed by atoms with E-state index in [1.807, 2.05) is 35.9 Å². The molecule has 0 bridgehead atoms. The van der Waals surface area contributed by atoms with Crippen LogP contribution in [0.25, 0.3) is 11.0 Å². The van der Waals surface area contributed by atoms with E-state index in [0.717, 1.165) is 17.0 Å². The van der Waals surface area contributed by atoms with Gasteiger partial charge in [0.15, 0.2) is 0 Å². The Bertz CT molecular complexity index is 518. The van der Waals surface area contributed by atoms with Crippen molar-refractivity contribution in [2.24, 2.45) is 12.8 Å². The van der Waals surface area contributed by atoms with Crippen LogP contribution in [0.3, 0.4) is 0 Å². The van der Waals surface area contributed by atoms with Crippen molar-refractivity contribution in [3.05, 3.63) is 24.3 Å². The normalized spacial score (nSPS) is 10.6. The van der Waals surface area contributed by atoms with Gasteiger partial charge in [0, 0.05) is 20.0 Å². The molecule has 0 spiro atoms. The standard InChI is InChI=1S/C11H14N4O/c1-15-9-5-3-2-4-8(9)14-11(15)13-7-6-10(12)16/h2-5H,6-7H2,1H3,(H2,12,16)(H,13,14). The van der Waals surface area contributed by atoms with Crippen LogP contribution in [-0.4, -0.2) is 22.0 Å². The summed E-state index contributed by atoms with van der Waals surface area (Å²) in [6, 6.07) is 7.87. The summed E-state index contributed by atoms with van der Waals surface area (Å²) in [6.07, 6.45) is 0.309. The number of primary amides is 1. The number of hydrogen-bond donors (Lipinski definition) is 2. The minimum absolute atomic E-state index is 0.309. The number of benzene rings is 1. The molecule has 5 nitrogen and oxygen atoms in total.